The van der Waals surface area contributed by atoms with Gasteiger partial charge in [0.1, 0.15) is 42.4 Å². The third kappa shape index (κ3) is 5.22. The van der Waals surface area contributed by atoms with Gasteiger partial charge in [-0.15, -0.1) is 0 Å². The van der Waals surface area contributed by atoms with Crippen LogP contribution in [0.4, 0.5) is 39.4 Å². The molecule has 4 aliphatic rings. The van der Waals surface area contributed by atoms with E-state index in [1.807, 2.05) is 11.0 Å². The average molecular weight is 717 g/mol. The number of hydrogen-bond donors (Lipinski definition) is 2. The van der Waals surface area contributed by atoms with E-state index in [0.29, 0.717) is 25.2 Å². The summed E-state index contributed by atoms with van der Waals surface area (Å²) >= 11 is 6.84. The molecule has 0 amide bonds. The molecule has 2 saturated heterocycles. The van der Waals surface area contributed by atoms with Gasteiger partial charge in [-0.25, -0.2) is 18.7 Å². The molecule has 8 rings (SSSR count). The summed E-state index contributed by atoms with van der Waals surface area (Å²) in [4.78, 5) is 21.5. The maximum absolute atomic E-state index is 17.1. The van der Waals surface area contributed by atoms with Gasteiger partial charge in [-0.1, -0.05) is 11.6 Å². The second kappa shape index (κ2) is 11.9. The zero-order chi connectivity index (χ0) is 35.1. The molecular formula is C34H34ClF5N8O2. The molecule has 4 N–H and O–H groups in total. The molecule has 1 aromatic carbocycles. The number of alkyl halides is 4. The van der Waals surface area contributed by atoms with Crippen LogP contribution in [0, 0.1) is 12.7 Å². The molecule has 264 valence electrons. The summed E-state index contributed by atoms with van der Waals surface area (Å²) in [7, 11) is 0. The number of aromatic nitrogens is 4. The van der Waals surface area contributed by atoms with E-state index >= 15 is 4.39 Å². The van der Waals surface area contributed by atoms with Crippen molar-refractivity contribution in [2.24, 2.45) is 0 Å². The third-order valence-corrected chi connectivity index (χ3v) is 10.9. The molecule has 0 unspecified atom stereocenters. The first-order chi connectivity index (χ1) is 23.9. The molecule has 2 fully saturated rings. The van der Waals surface area contributed by atoms with Gasteiger partial charge in [0.15, 0.2) is 11.6 Å². The second-order valence-corrected chi connectivity index (χ2v) is 13.9. The molecule has 0 radical (unpaired) electrons. The predicted molar refractivity (Wildman–Crippen MR) is 178 cm³/mol. The number of pyridine rings is 2. The van der Waals surface area contributed by atoms with Gasteiger partial charge < -0.3 is 25.8 Å². The Morgan fingerprint density at radius 2 is 1.98 bits per heavy atom. The Kier molecular flexibility index (Phi) is 7.86. The molecule has 0 spiro atoms. The van der Waals surface area contributed by atoms with Gasteiger partial charge in [0, 0.05) is 24.7 Å². The van der Waals surface area contributed by atoms with Gasteiger partial charge in [0.25, 0.3) is 0 Å². The highest BCUT2D eigenvalue weighted by atomic mass is 35.5. The van der Waals surface area contributed by atoms with E-state index in [9.17, 15) is 17.6 Å². The van der Waals surface area contributed by atoms with E-state index in [0.717, 1.165) is 43.0 Å². The van der Waals surface area contributed by atoms with Crippen LogP contribution >= 0.6 is 11.6 Å². The minimum absolute atomic E-state index is 0.0178. The van der Waals surface area contributed by atoms with Crippen LogP contribution in [0.5, 0.6) is 11.8 Å². The molecule has 1 aliphatic carbocycles. The molecule has 3 aliphatic heterocycles. The molecule has 50 heavy (non-hydrogen) atoms. The molecule has 16 heteroatoms. The summed E-state index contributed by atoms with van der Waals surface area (Å²) in [6.45, 7) is 2.53. The van der Waals surface area contributed by atoms with Gasteiger partial charge in [-0.05, 0) is 68.8 Å². The van der Waals surface area contributed by atoms with E-state index < -0.39 is 45.5 Å². The maximum atomic E-state index is 17.1. The SMILES string of the molecule is Cc1cc(N)nc(-c2c(Cl)c3c4c(nc(OC[C@@]56CCCN5C[C@H](F)C6)nc4c2F)N([C@@H]2CCCc4ccnc(N)c42)CCO3)c1C(F)(F)F. The van der Waals surface area contributed by atoms with Crippen molar-refractivity contribution in [3.63, 3.8) is 0 Å². The summed E-state index contributed by atoms with van der Waals surface area (Å²) in [6, 6.07) is 2.41. The molecule has 10 nitrogen and oxygen atoms in total. The van der Waals surface area contributed by atoms with Gasteiger partial charge in [-0.2, -0.15) is 23.1 Å². The van der Waals surface area contributed by atoms with E-state index in [2.05, 4.69) is 19.9 Å². The number of benzene rings is 1. The standard InChI is InChI=1S/C34H34ClF5N8O2/c1-16-12-20(41)44-27(24(16)34(38,39)40)22-25(35)29-23-28(26(22)37)45-32(50-15-33-7-3-9-47(33)14-18(36)13-33)46-31(23)48(10-11-49-29)19-5-2-4-17-6-8-43-30(42)21(17)19/h6,8,12,18-19H,2-5,7,9-11,13-15H2,1H3,(H2,41,44)(H2,42,43)/t18-,19-,33+/m1/s1. The third-order valence-electron chi connectivity index (χ3n) is 10.5. The minimum atomic E-state index is -4.92. The number of nitrogen functional groups attached to an aromatic ring is 2. The summed E-state index contributed by atoms with van der Waals surface area (Å²) < 4.78 is 87.6. The van der Waals surface area contributed by atoms with E-state index in [4.69, 9.17) is 37.5 Å². The summed E-state index contributed by atoms with van der Waals surface area (Å²) in [5.74, 6) is -0.953. The molecule has 6 heterocycles. The summed E-state index contributed by atoms with van der Waals surface area (Å²) in [6.07, 6.45) is -0.163. The first-order valence-electron chi connectivity index (χ1n) is 16.6. The van der Waals surface area contributed by atoms with Crippen LogP contribution in [0.25, 0.3) is 22.2 Å². The van der Waals surface area contributed by atoms with E-state index in [-0.39, 0.29) is 72.1 Å². The number of halogens is 6. The van der Waals surface area contributed by atoms with Crippen molar-refractivity contribution in [1.82, 2.24) is 24.8 Å². The molecule has 3 atom stereocenters. The largest absolute Gasteiger partial charge is 0.489 e. The fourth-order valence-electron chi connectivity index (χ4n) is 8.47. The fraction of sp³-hybridized carbons (Fsp3) is 0.471. The number of anilines is 3. The molecule has 0 bridgehead atoms. The number of nitrogens with zero attached hydrogens (tertiary/aromatic N) is 6. The number of ether oxygens (including phenoxy) is 2. The Balaban J connectivity index is 1.36. The van der Waals surface area contributed by atoms with Gasteiger partial charge in [-0.3, -0.25) is 4.90 Å². The molecule has 0 saturated carbocycles. The first-order valence-corrected chi connectivity index (χ1v) is 17.0. The van der Waals surface area contributed by atoms with E-state index in [1.54, 1.807) is 6.20 Å². The summed E-state index contributed by atoms with van der Waals surface area (Å²) in [5.41, 5.74) is 10.3. The predicted octanol–water partition coefficient (Wildman–Crippen LogP) is 6.60. The zero-order valence-electron chi connectivity index (χ0n) is 27.1. The first kappa shape index (κ1) is 32.9. The molecule has 3 aromatic heterocycles. The summed E-state index contributed by atoms with van der Waals surface area (Å²) in [5, 5.41) is -0.362. The Morgan fingerprint density at radius 3 is 2.78 bits per heavy atom. The Bertz CT molecular complexity index is 2030. The van der Waals surface area contributed by atoms with Crippen molar-refractivity contribution in [3.05, 3.63) is 51.4 Å². The van der Waals surface area contributed by atoms with Crippen molar-refractivity contribution in [3.8, 4) is 23.0 Å². The quantitative estimate of drug-likeness (QED) is 0.218. The molecule has 4 aromatic rings. The Hall–Kier alpha value is -4.24. The topological polar surface area (TPSA) is 129 Å². The highest BCUT2D eigenvalue weighted by molar-refractivity contribution is 6.36. The van der Waals surface area contributed by atoms with Crippen LogP contribution in [0.3, 0.4) is 0 Å². The number of hydrogen-bond acceptors (Lipinski definition) is 10. The number of fused-ring (bicyclic) bond motifs is 2. The average Bonchev–Trinajstić information content (AvgIpc) is 3.50. The van der Waals surface area contributed by atoms with Gasteiger partial charge in [0.2, 0.25) is 0 Å². The van der Waals surface area contributed by atoms with Crippen LogP contribution in [-0.2, 0) is 12.6 Å². The van der Waals surface area contributed by atoms with Crippen LogP contribution in [0.15, 0.2) is 18.3 Å². The number of rotatable bonds is 5. The van der Waals surface area contributed by atoms with Crippen molar-refractivity contribution in [2.75, 3.05) is 49.2 Å². The smallest absolute Gasteiger partial charge is 0.418 e. The lowest BCUT2D eigenvalue weighted by atomic mass is 9.87. The van der Waals surface area contributed by atoms with Crippen LogP contribution in [-0.4, -0.2) is 69.4 Å². The number of aryl methyl sites for hydroxylation is 2. The highest BCUT2D eigenvalue weighted by Crippen LogP contribution is 2.52. The van der Waals surface area contributed by atoms with Crippen molar-refractivity contribution in [2.45, 2.75) is 69.4 Å². The fourth-order valence-corrected chi connectivity index (χ4v) is 8.79. The zero-order valence-corrected chi connectivity index (χ0v) is 27.8. The van der Waals surface area contributed by atoms with Crippen molar-refractivity contribution in [1.29, 1.82) is 0 Å². The lowest BCUT2D eigenvalue weighted by molar-refractivity contribution is -0.137. The van der Waals surface area contributed by atoms with Gasteiger partial charge >= 0.3 is 12.2 Å². The lowest BCUT2D eigenvalue weighted by Crippen LogP contribution is -2.43. The van der Waals surface area contributed by atoms with Crippen LogP contribution < -0.4 is 25.8 Å². The Labute approximate surface area is 288 Å². The lowest BCUT2D eigenvalue weighted by Gasteiger charge is -2.36. The maximum Gasteiger partial charge on any atom is 0.418 e. The van der Waals surface area contributed by atoms with Crippen molar-refractivity contribution >= 4 is 40.0 Å². The second-order valence-electron chi connectivity index (χ2n) is 13.6. The Morgan fingerprint density at radius 1 is 1.16 bits per heavy atom. The van der Waals surface area contributed by atoms with Crippen molar-refractivity contribution < 1.29 is 31.4 Å². The van der Waals surface area contributed by atoms with E-state index in [1.165, 1.54) is 6.92 Å². The van der Waals surface area contributed by atoms with Gasteiger partial charge in [0.05, 0.1) is 45.4 Å². The molecular weight excluding hydrogens is 683 g/mol. The van der Waals surface area contributed by atoms with Crippen LogP contribution in [0.1, 0.15) is 60.4 Å². The normalized spacial score (nSPS) is 23.5. The monoisotopic (exact) mass is 716 g/mol. The number of nitrogens with two attached hydrogens (primary N) is 2. The highest BCUT2D eigenvalue weighted by Gasteiger charge is 2.49. The van der Waals surface area contributed by atoms with Crippen LogP contribution in [0.2, 0.25) is 5.02 Å². The minimum Gasteiger partial charge on any atom is -0.489 e.